The fourth-order valence-corrected chi connectivity index (χ4v) is 4.22. The van der Waals surface area contributed by atoms with Gasteiger partial charge in [0, 0.05) is 25.7 Å². The maximum atomic E-state index is 12.1. The minimum absolute atomic E-state index is 0.0148. The Morgan fingerprint density at radius 3 is 2.59 bits per heavy atom. The maximum Gasteiger partial charge on any atom is 0.230 e. The van der Waals surface area contributed by atoms with E-state index < -0.39 is 0 Å². The van der Waals surface area contributed by atoms with Crippen LogP contribution in [0.15, 0.2) is 41.7 Å². The number of rotatable bonds is 6. The van der Waals surface area contributed by atoms with Crippen LogP contribution in [-0.2, 0) is 11.3 Å². The minimum Gasteiger partial charge on any atom is -0.356 e. The highest BCUT2D eigenvalue weighted by Gasteiger charge is 2.23. The zero-order chi connectivity index (χ0) is 19.2. The minimum atomic E-state index is 0.0148. The van der Waals surface area contributed by atoms with E-state index in [0.717, 1.165) is 29.5 Å². The van der Waals surface area contributed by atoms with Gasteiger partial charge in [-0.2, -0.15) is 0 Å². The Kier molecular flexibility index (Phi) is 6.72. The van der Waals surface area contributed by atoms with Gasteiger partial charge in [0.25, 0.3) is 0 Å². The van der Waals surface area contributed by atoms with E-state index in [4.69, 9.17) is 0 Å². The second-order valence-corrected chi connectivity index (χ2v) is 8.61. The number of thioether (sulfide) groups is 1. The normalized spacial score (nSPS) is 19.7. The number of nitrogens with zero attached hydrogens (tertiary/aromatic N) is 3. The van der Waals surface area contributed by atoms with Gasteiger partial charge >= 0.3 is 0 Å². The molecule has 0 radical (unpaired) electrons. The predicted octanol–water partition coefficient (Wildman–Crippen LogP) is 3.68. The molecule has 1 aromatic carbocycles. The fraction of sp³-hybridized carbons (Fsp3) is 0.476. The molecule has 3 rings (SSSR count). The predicted molar refractivity (Wildman–Crippen MR) is 111 cm³/mol. The van der Waals surface area contributed by atoms with Gasteiger partial charge in [0.05, 0.1) is 5.75 Å². The summed E-state index contributed by atoms with van der Waals surface area (Å²) >= 11 is 1.46. The van der Waals surface area contributed by atoms with Gasteiger partial charge in [-0.05, 0) is 30.7 Å². The molecule has 1 aliphatic heterocycles. The summed E-state index contributed by atoms with van der Waals surface area (Å²) < 4.78 is 0. The van der Waals surface area contributed by atoms with Crippen LogP contribution in [0.2, 0.25) is 0 Å². The Hall–Kier alpha value is -2.08. The molecule has 1 fully saturated rings. The number of aromatic nitrogens is 2. The van der Waals surface area contributed by atoms with Gasteiger partial charge in [-0.15, -0.1) is 0 Å². The summed E-state index contributed by atoms with van der Waals surface area (Å²) in [6.45, 7) is 9.25. The quantitative estimate of drug-likeness (QED) is 0.608. The molecule has 1 aliphatic rings. The van der Waals surface area contributed by atoms with Gasteiger partial charge in [-0.25, -0.2) is 9.97 Å². The summed E-state index contributed by atoms with van der Waals surface area (Å²) in [7, 11) is 0. The van der Waals surface area contributed by atoms with Gasteiger partial charge in [0.15, 0.2) is 0 Å². The van der Waals surface area contributed by atoms with E-state index in [-0.39, 0.29) is 5.91 Å². The molecule has 0 aliphatic carbocycles. The molecule has 5 nitrogen and oxygen atoms in total. The summed E-state index contributed by atoms with van der Waals surface area (Å²) in [5.74, 6) is 2.68. The van der Waals surface area contributed by atoms with Crippen molar-refractivity contribution in [1.82, 2.24) is 15.3 Å². The number of hydrogen-bond acceptors (Lipinski definition) is 5. The third kappa shape index (κ3) is 5.96. The van der Waals surface area contributed by atoms with Crippen LogP contribution in [0, 0.1) is 18.8 Å². The molecular weight excluding hydrogens is 356 g/mol. The number of amides is 1. The van der Waals surface area contributed by atoms with Crippen molar-refractivity contribution < 1.29 is 4.79 Å². The smallest absolute Gasteiger partial charge is 0.230 e. The van der Waals surface area contributed by atoms with Crippen molar-refractivity contribution in [2.75, 3.05) is 23.7 Å². The average molecular weight is 385 g/mol. The summed E-state index contributed by atoms with van der Waals surface area (Å²) in [4.78, 5) is 23.2. The lowest BCUT2D eigenvalue weighted by Crippen LogP contribution is -2.39. The Balaban J connectivity index is 1.50. The molecule has 6 heteroatoms. The van der Waals surface area contributed by atoms with E-state index in [1.54, 1.807) is 6.33 Å². The van der Waals surface area contributed by atoms with Crippen LogP contribution in [0.3, 0.4) is 0 Å². The van der Waals surface area contributed by atoms with Crippen molar-refractivity contribution >= 4 is 23.5 Å². The van der Waals surface area contributed by atoms with Crippen molar-refractivity contribution in [2.45, 2.75) is 38.8 Å². The van der Waals surface area contributed by atoms with Gasteiger partial charge < -0.3 is 10.2 Å². The van der Waals surface area contributed by atoms with Crippen molar-refractivity contribution in [2.24, 2.45) is 11.8 Å². The van der Waals surface area contributed by atoms with Gasteiger partial charge in [0.2, 0.25) is 5.91 Å². The van der Waals surface area contributed by atoms with E-state index >= 15 is 0 Å². The van der Waals surface area contributed by atoms with E-state index in [1.165, 1.54) is 23.7 Å². The summed E-state index contributed by atoms with van der Waals surface area (Å²) in [6, 6.07) is 10.2. The lowest BCUT2D eigenvalue weighted by atomic mass is 9.92. The molecule has 2 atom stereocenters. The summed E-state index contributed by atoms with van der Waals surface area (Å²) in [6.07, 6.45) is 2.87. The lowest BCUT2D eigenvalue weighted by molar-refractivity contribution is -0.118. The van der Waals surface area contributed by atoms with Gasteiger partial charge in [0.1, 0.15) is 17.2 Å². The molecule has 144 valence electrons. The number of nitrogens with one attached hydrogen (secondary N) is 1. The molecule has 27 heavy (non-hydrogen) atoms. The van der Waals surface area contributed by atoms with Crippen molar-refractivity contribution in [3.8, 4) is 0 Å². The first-order valence-corrected chi connectivity index (χ1v) is 10.5. The van der Waals surface area contributed by atoms with Crippen LogP contribution in [0.4, 0.5) is 5.82 Å². The second kappa shape index (κ2) is 9.22. The van der Waals surface area contributed by atoms with E-state index in [0.29, 0.717) is 24.1 Å². The molecular formula is C21H28N4OS. The highest BCUT2D eigenvalue weighted by molar-refractivity contribution is 7.99. The number of benzene rings is 1. The molecule has 0 spiro atoms. The largest absolute Gasteiger partial charge is 0.356 e. The first-order valence-electron chi connectivity index (χ1n) is 9.51. The standard InChI is InChI=1S/C21H28N4OS/c1-15-4-6-18(7-5-15)10-22-20(26)13-27-21-9-19(23-14-24-21)25-11-16(2)8-17(3)12-25/h4-7,9,14,16-17H,8,10-13H2,1-3H3,(H,22,26). The third-order valence-corrected chi connectivity index (χ3v) is 5.71. The number of anilines is 1. The molecule has 1 amide bonds. The van der Waals surface area contributed by atoms with E-state index in [2.05, 4.69) is 53.1 Å². The Labute approximate surface area is 166 Å². The fourth-order valence-electron chi connectivity index (χ4n) is 3.53. The molecule has 0 bridgehead atoms. The highest BCUT2D eigenvalue weighted by atomic mass is 32.2. The SMILES string of the molecule is Cc1ccc(CNC(=O)CSc2cc(N3CC(C)CC(C)C3)ncn2)cc1. The number of carbonyl (C=O) groups is 1. The van der Waals surface area contributed by atoms with Crippen molar-refractivity contribution in [3.63, 3.8) is 0 Å². The van der Waals surface area contributed by atoms with Gasteiger partial charge in [-0.1, -0.05) is 55.4 Å². The Morgan fingerprint density at radius 1 is 1.19 bits per heavy atom. The number of aryl methyl sites for hydroxylation is 1. The zero-order valence-electron chi connectivity index (χ0n) is 16.3. The number of piperidine rings is 1. The first-order chi connectivity index (χ1) is 13.0. The molecule has 2 heterocycles. The van der Waals surface area contributed by atoms with E-state index in [1.807, 2.05) is 18.2 Å². The molecule has 1 N–H and O–H groups in total. The van der Waals surface area contributed by atoms with Crippen LogP contribution in [0.1, 0.15) is 31.4 Å². The van der Waals surface area contributed by atoms with Crippen LogP contribution in [0.5, 0.6) is 0 Å². The summed E-state index contributed by atoms with van der Waals surface area (Å²) in [5, 5.41) is 3.81. The zero-order valence-corrected chi connectivity index (χ0v) is 17.1. The summed E-state index contributed by atoms with van der Waals surface area (Å²) in [5.41, 5.74) is 2.33. The average Bonchev–Trinajstić information content (AvgIpc) is 2.65. The Bertz CT molecular complexity index is 755. The molecule has 1 aromatic heterocycles. The third-order valence-electron chi connectivity index (χ3n) is 4.78. The van der Waals surface area contributed by atoms with Crippen LogP contribution < -0.4 is 10.2 Å². The molecule has 0 saturated carbocycles. The second-order valence-electron chi connectivity index (χ2n) is 7.62. The van der Waals surface area contributed by atoms with E-state index in [9.17, 15) is 4.79 Å². The van der Waals surface area contributed by atoms with Crippen molar-refractivity contribution in [3.05, 3.63) is 47.8 Å². The maximum absolute atomic E-state index is 12.1. The molecule has 2 unspecified atom stereocenters. The Morgan fingerprint density at radius 2 is 1.89 bits per heavy atom. The monoisotopic (exact) mass is 384 g/mol. The van der Waals surface area contributed by atoms with Gasteiger partial charge in [-0.3, -0.25) is 4.79 Å². The van der Waals surface area contributed by atoms with Crippen LogP contribution >= 0.6 is 11.8 Å². The topological polar surface area (TPSA) is 58.1 Å². The van der Waals surface area contributed by atoms with Crippen molar-refractivity contribution in [1.29, 1.82) is 0 Å². The first kappa shape index (κ1) is 19.7. The number of hydrogen-bond donors (Lipinski definition) is 1. The highest BCUT2D eigenvalue weighted by Crippen LogP contribution is 2.26. The lowest BCUT2D eigenvalue weighted by Gasteiger charge is -2.35. The van der Waals surface area contributed by atoms with Crippen LogP contribution in [-0.4, -0.2) is 34.7 Å². The molecule has 2 aromatic rings. The number of carbonyl (C=O) groups excluding carboxylic acids is 1. The molecule has 1 saturated heterocycles. The van der Waals surface area contributed by atoms with Crippen LogP contribution in [0.25, 0.3) is 0 Å².